The van der Waals surface area contributed by atoms with Crippen LogP contribution in [0.3, 0.4) is 0 Å². The summed E-state index contributed by atoms with van der Waals surface area (Å²) < 4.78 is 19.1. The van der Waals surface area contributed by atoms with E-state index >= 15 is 0 Å². The summed E-state index contributed by atoms with van der Waals surface area (Å²) in [5.74, 6) is 1.21. The second-order valence-electron chi connectivity index (χ2n) is 6.95. The molecule has 2 fully saturated rings. The molecular formula is C18H23FN4O. The molecule has 0 amide bonds. The van der Waals surface area contributed by atoms with Crippen molar-refractivity contribution in [3.63, 3.8) is 0 Å². The molecule has 128 valence electrons. The first kappa shape index (κ1) is 15.7. The van der Waals surface area contributed by atoms with Gasteiger partial charge in [0.25, 0.3) is 0 Å². The van der Waals surface area contributed by atoms with E-state index in [1.54, 1.807) is 0 Å². The Bertz CT molecular complexity index is 693. The van der Waals surface area contributed by atoms with Gasteiger partial charge in [-0.2, -0.15) is 4.98 Å². The molecule has 6 heteroatoms. The largest absolute Gasteiger partial charge is 0.338 e. The first-order valence-electron chi connectivity index (χ1n) is 8.70. The van der Waals surface area contributed by atoms with Crippen LogP contribution < -0.4 is 5.32 Å². The van der Waals surface area contributed by atoms with E-state index in [0.29, 0.717) is 5.89 Å². The number of aromatic nitrogens is 2. The van der Waals surface area contributed by atoms with Crippen LogP contribution in [0.4, 0.5) is 4.39 Å². The number of nitrogens with one attached hydrogen (secondary N) is 1. The molecule has 1 aliphatic carbocycles. The van der Waals surface area contributed by atoms with Gasteiger partial charge in [-0.1, -0.05) is 30.1 Å². The molecule has 1 saturated heterocycles. The number of halogens is 1. The molecule has 0 spiro atoms. The van der Waals surface area contributed by atoms with Crippen LogP contribution in [-0.2, 0) is 5.41 Å². The van der Waals surface area contributed by atoms with Gasteiger partial charge in [0, 0.05) is 19.6 Å². The molecule has 2 heterocycles. The van der Waals surface area contributed by atoms with Crippen molar-refractivity contribution in [3.8, 4) is 0 Å². The molecule has 1 unspecified atom stereocenters. The molecule has 1 aliphatic heterocycles. The molecule has 4 rings (SSSR count). The number of nitrogens with zero attached hydrogens (tertiary/aromatic N) is 3. The number of hydrogen-bond donors (Lipinski definition) is 1. The Hall–Kier alpha value is -1.79. The van der Waals surface area contributed by atoms with Gasteiger partial charge >= 0.3 is 0 Å². The van der Waals surface area contributed by atoms with Gasteiger partial charge in [0.15, 0.2) is 5.82 Å². The Kier molecular flexibility index (Phi) is 4.10. The number of hydrogen-bond acceptors (Lipinski definition) is 5. The van der Waals surface area contributed by atoms with E-state index in [1.165, 1.54) is 12.1 Å². The topological polar surface area (TPSA) is 54.2 Å². The predicted octanol–water partition coefficient (Wildman–Crippen LogP) is 2.64. The highest BCUT2D eigenvalue weighted by molar-refractivity contribution is 5.33. The Morgan fingerprint density at radius 1 is 1.25 bits per heavy atom. The maximum atomic E-state index is 13.3. The van der Waals surface area contributed by atoms with Crippen LogP contribution in [0.1, 0.15) is 49.0 Å². The lowest BCUT2D eigenvalue weighted by Gasteiger charge is -2.30. The molecule has 24 heavy (non-hydrogen) atoms. The third-order valence-electron chi connectivity index (χ3n) is 5.51. The average molecular weight is 330 g/mol. The summed E-state index contributed by atoms with van der Waals surface area (Å²) in [5, 5.41) is 7.67. The quantitative estimate of drug-likeness (QED) is 0.938. The highest BCUT2D eigenvalue weighted by Crippen LogP contribution is 2.46. The molecule has 1 aromatic carbocycles. The Morgan fingerprint density at radius 3 is 2.71 bits per heavy atom. The fourth-order valence-electron chi connectivity index (χ4n) is 4.03. The van der Waals surface area contributed by atoms with Gasteiger partial charge in [-0.3, -0.25) is 4.90 Å². The van der Waals surface area contributed by atoms with E-state index in [1.807, 2.05) is 12.1 Å². The third kappa shape index (κ3) is 2.63. The van der Waals surface area contributed by atoms with Crippen LogP contribution in [-0.4, -0.2) is 41.7 Å². The lowest BCUT2D eigenvalue weighted by Crippen LogP contribution is -2.44. The van der Waals surface area contributed by atoms with Gasteiger partial charge in [0.05, 0.1) is 11.5 Å². The molecular weight excluding hydrogens is 307 g/mol. The molecule has 0 radical (unpaired) electrons. The van der Waals surface area contributed by atoms with Crippen molar-refractivity contribution < 1.29 is 8.91 Å². The van der Waals surface area contributed by atoms with Gasteiger partial charge in [-0.25, -0.2) is 4.39 Å². The summed E-state index contributed by atoms with van der Waals surface area (Å²) in [7, 11) is 2.09. The lowest BCUT2D eigenvalue weighted by atomic mass is 9.78. The number of piperazine rings is 1. The first-order valence-corrected chi connectivity index (χ1v) is 8.70. The van der Waals surface area contributed by atoms with Gasteiger partial charge in [-0.05, 0) is 37.6 Å². The second-order valence-corrected chi connectivity index (χ2v) is 6.95. The van der Waals surface area contributed by atoms with Crippen LogP contribution in [0.5, 0.6) is 0 Å². The van der Waals surface area contributed by atoms with E-state index in [2.05, 4.69) is 22.4 Å². The van der Waals surface area contributed by atoms with Crippen molar-refractivity contribution in [1.29, 1.82) is 0 Å². The van der Waals surface area contributed by atoms with Crippen molar-refractivity contribution >= 4 is 0 Å². The van der Waals surface area contributed by atoms with E-state index < -0.39 is 0 Å². The van der Waals surface area contributed by atoms with Crippen molar-refractivity contribution in [2.75, 3.05) is 26.7 Å². The molecule has 0 bridgehead atoms. The third-order valence-corrected chi connectivity index (χ3v) is 5.51. The second kappa shape index (κ2) is 6.26. The minimum Gasteiger partial charge on any atom is -0.338 e. The summed E-state index contributed by atoms with van der Waals surface area (Å²) in [6, 6.07) is 6.90. The molecule has 2 aliphatic rings. The van der Waals surface area contributed by atoms with E-state index in [4.69, 9.17) is 9.51 Å². The molecule has 1 N–H and O–H groups in total. The molecule has 2 aromatic rings. The van der Waals surface area contributed by atoms with Crippen LogP contribution >= 0.6 is 0 Å². The van der Waals surface area contributed by atoms with E-state index in [-0.39, 0.29) is 17.3 Å². The Balaban J connectivity index is 1.68. The molecule has 5 nitrogen and oxygen atoms in total. The standard InChI is InChI=1S/C18H23FN4O/c1-23-11-10-20-12-15(23)16-21-17(24-22-16)18(8-2-3-9-18)13-4-6-14(19)7-5-13/h4-7,15,20H,2-3,8-12H2,1H3. The van der Waals surface area contributed by atoms with Gasteiger partial charge in [0.1, 0.15) is 5.82 Å². The molecule has 1 aromatic heterocycles. The zero-order chi connectivity index (χ0) is 16.6. The zero-order valence-electron chi connectivity index (χ0n) is 14.0. The zero-order valence-corrected chi connectivity index (χ0v) is 14.0. The summed E-state index contributed by atoms with van der Waals surface area (Å²) >= 11 is 0. The van der Waals surface area contributed by atoms with E-state index in [0.717, 1.165) is 56.7 Å². The Labute approximate surface area is 141 Å². The number of likely N-dealkylation sites (N-methyl/N-ethyl adjacent to an activating group) is 1. The maximum Gasteiger partial charge on any atom is 0.237 e. The minimum absolute atomic E-state index is 0.142. The fraction of sp³-hybridized carbons (Fsp3) is 0.556. The van der Waals surface area contributed by atoms with Crippen LogP contribution in [0.2, 0.25) is 0 Å². The van der Waals surface area contributed by atoms with Crippen LogP contribution in [0.15, 0.2) is 28.8 Å². The van der Waals surface area contributed by atoms with Crippen molar-refractivity contribution in [2.45, 2.75) is 37.1 Å². The average Bonchev–Trinajstić information content (AvgIpc) is 3.26. The maximum absolute atomic E-state index is 13.3. The van der Waals surface area contributed by atoms with Gasteiger partial charge in [-0.15, -0.1) is 0 Å². The van der Waals surface area contributed by atoms with E-state index in [9.17, 15) is 4.39 Å². The summed E-state index contributed by atoms with van der Waals surface area (Å²) in [6.07, 6.45) is 4.19. The van der Waals surface area contributed by atoms with Gasteiger partial charge in [0.2, 0.25) is 5.89 Å². The Morgan fingerprint density at radius 2 is 2.00 bits per heavy atom. The highest BCUT2D eigenvalue weighted by atomic mass is 19.1. The normalized spacial score (nSPS) is 24.3. The van der Waals surface area contributed by atoms with Crippen molar-refractivity contribution in [1.82, 2.24) is 20.4 Å². The smallest absolute Gasteiger partial charge is 0.237 e. The lowest BCUT2D eigenvalue weighted by molar-refractivity contribution is 0.190. The first-order chi connectivity index (χ1) is 11.7. The van der Waals surface area contributed by atoms with Crippen LogP contribution in [0.25, 0.3) is 0 Å². The molecule has 1 atom stereocenters. The number of rotatable bonds is 3. The summed E-state index contributed by atoms with van der Waals surface area (Å²) in [6.45, 7) is 2.79. The number of benzene rings is 1. The highest BCUT2D eigenvalue weighted by Gasteiger charge is 2.43. The summed E-state index contributed by atoms with van der Waals surface area (Å²) in [4.78, 5) is 7.04. The predicted molar refractivity (Wildman–Crippen MR) is 88.2 cm³/mol. The van der Waals surface area contributed by atoms with Gasteiger partial charge < -0.3 is 9.84 Å². The fourth-order valence-corrected chi connectivity index (χ4v) is 4.03. The van der Waals surface area contributed by atoms with Crippen molar-refractivity contribution in [2.24, 2.45) is 0 Å². The monoisotopic (exact) mass is 330 g/mol. The van der Waals surface area contributed by atoms with Crippen LogP contribution in [0, 0.1) is 5.82 Å². The van der Waals surface area contributed by atoms with Crippen molar-refractivity contribution in [3.05, 3.63) is 47.4 Å². The summed E-state index contributed by atoms with van der Waals surface area (Å²) in [5.41, 5.74) is 0.811. The SMILES string of the molecule is CN1CCNCC1c1noc(C2(c3ccc(F)cc3)CCCC2)n1. The minimum atomic E-state index is -0.264. The molecule has 1 saturated carbocycles.